The first-order chi connectivity index (χ1) is 7.24. The first kappa shape index (κ1) is 9.71. The van der Waals surface area contributed by atoms with Crippen molar-refractivity contribution in [1.82, 2.24) is 0 Å². The number of esters is 1. The Labute approximate surface area is 87.9 Å². The van der Waals surface area contributed by atoms with Crippen LogP contribution in [0.2, 0.25) is 0 Å². The third-order valence-electron chi connectivity index (χ3n) is 2.14. The van der Waals surface area contributed by atoms with Gasteiger partial charge in [-0.05, 0) is 19.1 Å². The van der Waals surface area contributed by atoms with Crippen molar-refractivity contribution in [3.05, 3.63) is 29.8 Å². The standard InChI is InChI=1S/C11H12N2O2/c1-8-2-4-9(5-3-8)12-13-10-6-11(14)15-7-10/h2-5,12H,6-7H2,1H3. The highest BCUT2D eigenvalue weighted by molar-refractivity contribution is 6.04. The van der Waals surface area contributed by atoms with Gasteiger partial charge < -0.3 is 4.74 Å². The molecule has 15 heavy (non-hydrogen) atoms. The largest absolute Gasteiger partial charge is 0.459 e. The predicted octanol–water partition coefficient (Wildman–Crippen LogP) is 1.71. The highest BCUT2D eigenvalue weighted by Gasteiger charge is 2.17. The van der Waals surface area contributed by atoms with E-state index in [0.29, 0.717) is 13.0 Å². The minimum atomic E-state index is -0.209. The number of aryl methyl sites for hydroxylation is 1. The Kier molecular flexibility index (Phi) is 2.67. The second-order valence-corrected chi connectivity index (χ2v) is 3.49. The van der Waals surface area contributed by atoms with Crippen LogP contribution in [0.4, 0.5) is 5.69 Å². The molecule has 1 aliphatic heterocycles. The molecule has 0 aromatic heterocycles. The SMILES string of the molecule is Cc1ccc(NN=C2COC(=O)C2)cc1. The minimum absolute atomic E-state index is 0.209. The molecule has 1 heterocycles. The first-order valence-electron chi connectivity index (χ1n) is 4.78. The topological polar surface area (TPSA) is 50.7 Å². The smallest absolute Gasteiger partial charge is 0.312 e. The van der Waals surface area contributed by atoms with Crippen molar-refractivity contribution < 1.29 is 9.53 Å². The molecule has 1 saturated heterocycles. The molecule has 1 fully saturated rings. The second kappa shape index (κ2) is 4.13. The van der Waals surface area contributed by atoms with Gasteiger partial charge in [-0.2, -0.15) is 5.10 Å². The fourth-order valence-corrected chi connectivity index (χ4v) is 1.28. The van der Waals surface area contributed by atoms with Crippen molar-refractivity contribution in [1.29, 1.82) is 0 Å². The maximum absolute atomic E-state index is 10.8. The number of benzene rings is 1. The van der Waals surface area contributed by atoms with Crippen LogP contribution in [0, 0.1) is 6.92 Å². The highest BCUT2D eigenvalue weighted by Crippen LogP contribution is 2.09. The van der Waals surface area contributed by atoms with E-state index in [-0.39, 0.29) is 5.97 Å². The Morgan fingerprint density at radius 1 is 1.33 bits per heavy atom. The Hall–Kier alpha value is -1.84. The number of ether oxygens (including phenoxy) is 1. The van der Waals surface area contributed by atoms with E-state index in [1.54, 1.807) is 0 Å². The van der Waals surface area contributed by atoms with Crippen molar-refractivity contribution in [3.63, 3.8) is 0 Å². The van der Waals surface area contributed by atoms with Crippen LogP contribution in [0.1, 0.15) is 12.0 Å². The number of hydrogen-bond donors (Lipinski definition) is 1. The van der Waals surface area contributed by atoms with Gasteiger partial charge in [0.25, 0.3) is 0 Å². The molecule has 1 aliphatic rings. The minimum Gasteiger partial charge on any atom is -0.459 e. The molecule has 0 amide bonds. The number of cyclic esters (lactones) is 1. The lowest BCUT2D eigenvalue weighted by molar-refractivity contribution is -0.137. The maximum atomic E-state index is 10.8. The summed E-state index contributed by atoms with van der Waals surface area (Å²) in [7, 11) is 0. The predicted molar refractivity (Wildman–Crippen MR) is 57.8 cm³/mol. The van der Waals surface area contributed by atoms with Gasteiger partial charge in [0.05, 0.1) is 17.8 Å². The van der Waals surface area contributed by atoms with E-state index in [1.165, 1.54) is 5.56 Å². The fourth-order valence-electron chi connectivity index (χ4n) is 1.28. The van der Waals surface area contributed by atoms with E-state index in [1.807, 2.05) is 31.2 Å². The van der Waals surface area contributed by atoms with E-state index in [4.69, 9.17) is 4.74 Å². The number of rotatable bonds is 2. The summed E-state index contributed by atoms with van der Waals surface area (Å²) < 4.78 is 4.76. The van der Waals surface area contributed by atoms with Gasteiger partial charge in [0.2, 0.25) is 0 Å². The van der Waals surface area contributed by atoms with Crippen LogP contribution in [-0.2, 0) is 9.53 Å². The summed E-state index contributed by atoms with van der Waals surface area (Å²) in [5.74, 6) is -0.209. The summed E-state index contributed by atoms with van der Waals surface area (Å²) >= 11 is 0. The molecule has 1 aromatic rings. The summed E-state index contributed by atoms with van der Waals surface area (Å²) in [6.07, 6.45) is 0.291. The van der Waals surface area contributed by atoms with Crippen LogP contribution in [0.3, 0.4) is 0 Å². The number of anilines is 1. The van der Waals surface area contributed by atoms with Crippen molar-refractivity contribution in [3.8, 4) is 0 Å². The molecule has 0 spiro atoms. The van der Waals surface area contributed by atoms with Crippen molar-refractivity contribution >= 4 is 17.4 Å². The molecule has 4 heteroatoms. The van der Waals surface area contributed by atoms with Gasteiger partial charge in [-0.1, -0.05) is 17.7 Å². The molecular formula is C11H12N2O2. The van der Waals surface area contributed by atoms with Gasteiger partial charge >= 0.3 is 5.97 Å². The van der Waals surface area contributed by atoms with Crippen LogP contribution in [-0.4, -0.2) is 18.3 Å². The number of hydrazone groups is 1. The van der Waals surface area contributed by atoms with Gasteiger partial charge in [0.1, 0.15) is 6.61 Å². The molecule has 0 atom stereocenters. The van der Waals surface area contributed by atoms with E-state index < -0.39 is 0 Å². The Bertz CT molecular complexity index is 396. The monoisotopic (exact) mass is 204 g/mol. The third kappa shape index (κ3) is 2.56. The van der Waals surface area contributed by atoms with E-state index in [0.717, 1.165) is 11.4 Å². The zero-order valence-electron chi connectivity index (χ0n) is 8.49. The third-order valence-corrected chi connectivity index (χ3v) is 2.14. The molecular weight excluding hydrogens is 192 g/mol. The zero-order chi connectivity index (χ0) is 10.7. The van der Waals surface area contributed by atoms with Gasteiger partial charge in [-0.3, -0.25) is 10.2 Å². The molecule has 2 rings (SSSR count). The lowest BCUT2D eigenvalue weighted by Crippen LogP contribution is -2.00. The molecule has 4 nitrogen and oxygen atoms in total. The quantitative estimate of drug-likeness (QED) is 0.589. The summed E-state index contributed by atoms with van der Waals surface area (Å²) in [6, 6.07) is 7.88. The van der Waals surface area contributed by atoms with Crippen molar-refractivity contribution in [2.24, 2.45) is 5.10 Å². The Morgan fingerprint density at radius 2 is 2.07 bits per heavy atom. The average Bonchev–Trinajstić information content (AvgIpc) is 2.64. The van der Waals surface area contributed by atoms with Crippen LogP contribution < -0.4 is 5.43 Å². The molecule has 0 bridgehead atoms. The average molecular weight is 204 g/mol. The first-order valence-corrected chi connectivity index (χ1v) is 4.78. The lowest BCUT2D eigenvalue weighted by atomic mass is 10.2. The maximum Gasteiger partial charge on any atom is 0.312 e. The summed E-state index contributed by atoms with van der Waals surface area (Å²) in [4.78, 5) is 10.8. The van der Waals surface area contributed by atoms with Gasteiger partial charge in [0, 0.05) is 0 Å². The van der Waals surface area contributed by atoms with Gasteiger partial charge in [-0.25, -0.2) is 0 Å². The summed E-state index contributed by atoms with van der Waals surface area (Å²) in [5.41, 5.74) is 5.74. The summed E-state index contributed by atoms with van der Waals surface area (Å²) in [6.45, 7) is 2.33. The number of hydrogen-bond acceptors (Lipinski definition) is 4. The summed E-state index contributed by atoms with van der Waals surface area (Å²) in [5, 5.41) is 4.09. The van der Waals surface area contributed by atoms with E-state index in [2.05, 4.69) is 10.5 Å². The number of carbonyl (C=O) groups is 1. The number of nitrogens with one attached hydrogen (secondary N) is 1. The van der Waals surface area contributed by atoms with Crippen molar-refractivity contribution in [2.75, 3.05) is 12.0 Å². The lowest BCUT2D eigenvalue weighted by Gasteiger charge is -2.00. The zero-order valence-corrected chi connectivity index (χ0v) is 8.49. The Morgan fingerprint density at radius 3 is 2.67 bits per heavy atom. The fraction of sp³-hybridized carbons (Fsp3) is 0.273. The molecule has 1 N–H and O–H groups in total. The van der Waals surface area contributed by atoms with Crippen LogP contribution in [0.5, 0.6) is 0 Å². The number of carbonyl (C=O) groups excluding carboxylic acids is 1. The van der Waals surface area contributed by atoms with Gasteiger partial charge in [-0.15, -0.1) is 0 Å². The molecule has 0 aliphatic carbocycles. The molecule has 0 unspecified atom stereocenters. The van der Waals surface area contributed by atoms with E-state index in [9.17, 15) is 4.79 Å². The molecule has 1 aromatic carbocycles. The highest BCUT2D eigenvalue weighted by atomic mass is 16.5. The Balaban J connectivity index is 1.98. The van der Waals surface area contributed by atoms with Crippen molar-refractivity contribution in [2.45, 2.75) is 13.3 Å². The second-order valence-electron chi connectivity index (χ2n) is 3.49. The molecule has 0 saturated carbocycles. The van der Waals surface area contributed by atoms with Crippen LogP contribution >= 0.6 is 0 Å². The normalized spacial score (nSPS) is 17.9. The number of nitrogens with zero attached hydrogens (tertiary/aromatic N) is 1. The molecule has 0 radical (unpaired) electrons. The molecule has 78 valence electrons. The van der Waals surface area contributed by atoms with Crippen LogP contribution in [0.25, 0.3) is 0 Å². The van der Waals surface area contributed by atoms with Gasteiger partial charge in [0.15, 0.2) is 0 Å². The van der Waals surface area contributed by atoms with Crippen LogP contribution in [0.15, 0.2) is 29.4 Å². The van der Waals surface area contributed by atoms with E-state index >= 15 is 0 Å².